The maximum atomic E-state index is 10.8. The molecule has 1 aliphatic heterocycles. The molecule has 1 aliphatic rings. The Morgan fingerprint density at radius 2 is 1.90 bits per heavy atom. The molecule has 0 spiro atoms. The first-order valence-corrected chi connectivity index (χ1v) is 4.28. The molecule has 0 saturated carbocycles. The van der Waals surface area contributed by atoms with Crippen LogP contribution in [0.1, 0.15) is 12.8 Å². The smallest absolute Gasteiger partial charge is 0.239 e. The molecule has 56 valence electrons. The number of alkyl halides is 1. The number of amides is 2. The van der Waals surface area contributed by atoms with Crippen LogP contribution in [0.15, 0.2) is 0 Å². The molecule has 1 rings (SSSR count). The molecular formula is C5H6ClNO2S. The van der Waals surface area contributed by atoms with Crippen LogP contribution in [0.4, 0.5) is 0 Å². The molecule has 2 amide bonds. The van der Waals surface area contributed by atoms with Gasteiger partial charge in [-0.25, -0.2) is 4.31 Å². The van der Waals surface area contributed by atoms with E-state index < -0.39 is 0 Å². The van der Waals surface area contributed by atoms with E-state index in [4.69, 9.17) is 11.6 Å². The van der Waals surface area contributed by atoms with Gasteiger partial charge in [0.05, 0.1) is 5.21 Å². The second-order valence-electron chi connectivity index (χ2n) is 1.82. The predicted octanol–water partition coefficient (Wildman–Crippen LogP) is 0.980. The van der Waals surface area contributed by atoms with E-state index in [0.29, 0.717) is 12.8 Å². The average Bonchev–Trinajstić information content (AvgIpc) is 2.20. The van der Waals surface area contributed by atoms with Gasteiger partial charge >= 0.3 is 0 Å². The number of carbonyl (C=O) groups excluding carboxylic acids is 2. The van der Waals surface area contributed by atoms with Crippen LogP contribution < -0.4 is 0 Å². The molecule has 1 saturated heterocycles. The third-order valence-corrected chi connectivity index (χ3v) is 2.24. The van der Waals surface area contributed by atoms with E-state index in [1.165, 1.54) is 0 Å². The zero-order valence-electron chi connectivity index (χ0n) is 5.17. The normalized spacial score (nSPS) is 18.7. The highest BCUT2D eigenvalue weighted by atomic mass is 35.5. The van der Waals surface area contributed by atoms with Crippen LogP contribution in [0.2, 0.25) is 0 Å². The molecular weight excluding hydrogens is 174 g/mol. The summed E-state index contributed by atoms with van der Waals surface area (Å²) in [5.74, 6) is -0.258. The molecule has 0 aromatic heterocycles. The highest BCUT2D eigenvalue weighted by molar-refractivity contribution is 7.99. The Morgan fingerprint density at radius 3 is 2.30 bits per heavy atom. The van der Waals surface area contributed by atoms with Gasteiger partial charge in [0, 0.05) is 12.8 Å². The molecule has 0 aromatic rings. The number of hydrogen-bond donors (Lipinski definition) is 0. The van der Waals surface area contributed by atoms with Crippen LogP contribution in [-0.2, 0) is 9.59 Å². The zero-order chi connectivity index (χ0) is 7.56. The molecule has 10 heavy (non-hydrogen) atoms. The maximum absolute atomic E-state index is 10.8. The fourth-order valence-electron chi connectivity index (χ4n) is 0.749. The van der Waals surface area contributed by atoms with Crippen LogP contribution in [0.25, 0.3) is 0 Å². The first-order valence-electron chi connectivity index (χ1n) is 2.80. The van der Waals surface area contributed by atoms with Crippen molar-refractivity contribution in [1.29, 1.82) is 0 Å². The van der Waals surface area contributed by atoms with Gasteiger partial charge < -0.3 is 0 Å². The van der Waals surface area contributed by atoms with Crippen LogP contribution in [-0.4, -0.2) is 21.3 Å². The van der Waals surface area contributed by atoms with E-state index >= 15 is 0 Å². The summed E-state index contributed by atoms with van der Waals surface area (Å²) in [6.07, 6.45) is 0.672. The van der Waals surface area contributed by atoms with Gasteiger partial charge in [-0.1, -0.05) is 0 Å². The lowest BCUT2D eigenvalue weighted by atomic mass is 10.4. The summed E-state index contributed by atoms with van der Waals surface area (Å²) in [5.41, 5.74) is 0. The summed E-state index contributed by atoms with van der Waals surface area (Å²) in [6.45, 7) is 0. The Hall–Kier alpha value is -0.220. The number of nitrogens with zero attached hydrogens (tertiary/aromatic N) is 1. The highest BCUT2D eigenvalue weighted by Crippen LogP contribution is 2.21. The molecule has 0 bridgehead atoms. The number of hydrogen-bond acceptors (Lipinski definition) is 3. The van der Waals surface area contributed by atoms with Gasteiger partial charge in [-0.15, -0.1) is 11.6 Å². The van der Waals surface area contributed by atoms with Gasteiger partial charge in [0.1, 0.15) is 0 Å². The van der Waals surface area contributed by atoms with Gasteiger partial charge in [0.2, 0.25) is 11.8 Å². The Balaban J connectivity index is 2.54. The van der Waals surface area contributed by atoms with Gasteiger partial charge in [-0.2, -0.15) is 0 Å². The quantitative estimate of drug-likeness (QED) is 0.360. The Bertz CT molecular complexity index is 157. The number of carbonyl (C=O) groups is 2. The molecule has 0 N–H and O–H groups in total. The van der Waals surface area contributed by atoms with Gasteiger partial charge in [0.15, 0.2) is 0 Å². The number of halogens is 1. The van der Waals surface area contributed by atoms with Crippen molar-refractivity contribution in [2.45, 2.75) is 12.8 Å². The fourth-order valence-corrected chi connectivity index (χ4v) is 1.61. The minimum Gasteiger partial charge on any atom is -0.273 e. The topological polar surface area (TPSA) is 37.4 Å². The van der Waals surface area contributed by atoms with E-state index in [9.17, 15) is 9.59 Å². The predicted molar refractivity (Wildman–Crippen MR) is 39.4 cm³/mol. The Morgan fingerprint density at radius 1 is 1.40 bits per heavy atom. The molecule has 1 fully saturated rings. The third kappa shape index (κ3) is 1.44. The summed E-state index contributed by atoms with van der Waals surface area (Å²) in [7, 11) is 0. The van der Waals surface area contributed by atoms with Crippen LogP contribution in [0.3, 0.4) is 0 Å². The summed E-state index contributed by atoms with van der Waals surface area (Å²) in [5, 5.41) is 0.248. The van der Waals surface area contributed by atoms with Crippen LogP contribution >= 0.6 is 23.5 Å². The van der Waals surface area contributed by atoms with Crippen molar-refractivity contribution in [3.8, 4) is 0 Å². The first kappa shape index (κ1) is 7.88. The van der Waals surface area contributed by atoms with E-state index in [1.54, 1.807) is 0 Å². The van der Waals surface area contributed by atoms with E-state index in [1.807, 2.05) is 0 Å². The summed E-state index contributed by atoms with van der Waals surface area (Å²) in [6, 6.07) is 0. The largest absolute Gasteiger partial charge is 0.273 e. The average molecular weight is 180 g/mol. The lowest BCUT2D eigenvalue weighted by Gasteiger charge is -2.08. The maximum Gasteiger partial charge on any atom is 0.239 e. The zero-order valence-corrected chi connectivity index (χ0v) is 6.74. The van der Waals surface area contributed by atoms with Crippen molar-refractivity contribution in [3.05, 3.63) is 0 Å². The number of imide groups is 1. The lowest BCUT2D eigenvalue weighted by molar-refractivity contribution is -0.131. The standard InChI is InChI=1S/C5H6ClNO2S/c6-3-10-7-4(8)1-2-5(7)9/h1-3H2. The van der Waals surface area contributed by atoms with Crippen molar-refractivity contribution in [2.24, 2.45) is 0 Å². The van der Waals surface area contributed by atoms with Gasteiger partial charge in [0.25, 0.3) is 0 Å². The summed E-state index contributed by atoms with van der Waals surface area (Å²) in [4.78, 5) is 21.6. The number of rotatable bonds is 2. The molecule has 1 heterocycles. The minimum atomic E-state index is -0.129. The van der Waals surface area contributed by atoms with Crippen LogP contribution in [0.5, 0.6) is 0 Å². The van der Waals surface area contributed by atoms with E-state index in [-0.39, 0.29) is 17.0 Å². The third-order valence-electron chi connectivity index (χ3n) is 1.18. The molecule has 0 unspecified atom stereocenters. The Labute approximate surface area is 67.8 Å². The summed E-state index contributed by atoms with van der Waals surface area (Å²) < 4.78 is 1.13. The molecule has 0 radical (unpaired) electrons. The van der Waals surface area contributed by atoms with Crippen molar-refractivity contribution < 1.29 is 9.59 Å². The molecule has 5 heteroatoms. The summed E-state index contributed by atoms with van der Waals surface area (Å²) >= 11 is 6.38. The highest BCUT2D eigenvalue weighted by Gasteiger charge is 2.28. The molecule has 0 aliphatic carbocycles. The Kier molecular flexibility index (Phi) is 2.56. The first-order chi connectivity index (χ1) is 4.75. The van der Waals surface area contributed by atoms with Crippen molar-refractivity contribution in [2.75, 3.05) is 5.21 Å². The fraction of sp³-hybridized carbons (Fsp3) is 0.600. The molecule has 0 atom stereocenters. The second-order valence-corrected chi connectivity index (χ2v) is 3.32. The van der Waals surface area contributed by atoms with E-state index in [0.717, 1.165) is 16.3 Å². The second kappa shape index (κ2) is 3.25. The molecule has 0 aromatic carbocycles. The van der Waals surface area contributed by atoms with Gasteiger partial charge in [-0.3, -0.25) is 9.59 Å². The monoisotopic (exact) mass is 179 g/mol. The van der Waals surface area contributed by atoms with Crippen LogP contribution in [0, 0.1) is 0 Å². The lowest BCUT2D eigenvalue weighted by Crippen LogP contribution is -2.21. The van der Waals surface area contributed by atoms with E-state index in [2.05, 4.69) is 0 Å². The molecule has 3 nitrogen and oxygen atoms in total. The van der Waals surface area contributed by atoms with Crippen molar-refractivity contribution in [3.63, 3.8) is 0 Å². The van der Waals surface area contributed by atoms with Crippen molar-refractivity contribution in [1.82, 2.24) is 4.31 Å². The van der Waals surface area contributed by atoms with Crippen molar-refractivity contribution >= 4 is 35.4 Å². The minimum absolute atomic E-state index is 0.129. The van der Waals surface area contributed by atoms with Gasteiger partial charge in [-0.05, 0) is 11.9 Å². The SMILES string of the molecule is O=C1CCC(=O)N1SCCl.